The van der Waals surface area contributed by atoms with Gasteiger partial charge in [-0.3, -0.25) is 4.79 Å². The minimum atomic E-state index is 0.659. The van der Waals surface area contributed by atoms with Crippen LogP contribution in [0.15, 0.2) is 42.6 Å². The zero-order valence-electron chi connectivity index (χ0n) is 13.8. The standard InChI is InChI=1S/C20H21NO2/c1-4-5-15-6-7-20(23-3)18(11-15)17-12-16-10-14(2)8-9-21(16)19(17)13-22/h6-13H,4-5H2,1-3H3. The second kappa shape index (κ2) is 6.29. The van der Waals surface area contributed by atoms with E-state index in [2.05, 4.69) is 38.1 Å². The molecule has 3 rings (SSSR count). The fourth-order valence-corrected chi connectivity index (χ4v) is 3.06. The Kier molecular flexibility index (Phi) is 4.20. The van der Waals surface area contributed by atoms with E-state index in [4.69, 9.17) is 4.74 Å². The molecule has 0 aliphatic rings. The summed E-state index contributed by atoms with van der Waals surface area (Å²) >= 11 is 0. The molecule has 23 heavy (non-hydrogen) atoms. The second-order valence-corrected chi connectivity index (χ2v) is 5.84. The number of aromatic nitrogens is 1. The fraction of sp³-hybridized carbons (Fsp3) is 0.250. The molecule has 0 saturated heterocycles. The molecular weight excluding hydrogens is 286 g/mol. The maximum Gasteiger partial charge on any atom is 0.167 e. The van der Waals surface area contributed by atoms with Crippen molar-refractivity contribution in [3.8, 4) is 16.9 Å². The van der Waals surface area contributed by atoms with Crippen molar-refractivity contribution in [2.45, 2.75) is 26.7 Å². The van der Waals surface area contributed by atoms with Crippen LogP contribution >= 0.6 is 0 Å². The highest BCUT2D eigenvalue weighted by molar-refractivity contribution is 5.91. The Morgan fingerprint density at radius 2 is 1.96 bits per heavy atom. The summed E-state index contributed by atoms with van der Waals surface area (Å²) in [6.45, 7) is 4.21. The molecule has 2 heterocycles. The van der Waals surface area contributed by atoms with Gasteiger partial charge in [-0.1, -0.05) is 19.4 Å². The lowest BCUT2D eigenvalue weighted by atomic mass is 10.00. The molecule has 0 aliphatic heterocycles. The second-order valence-electron chi connectivity index (χ2n) is 5.84. The first kappa shape index (κ1) is 15.3. The van der Waals surface area contributed by atoms with Crippen LogP contribution in [0.5, 0.6) is 5.75 Å². The van der Waals surface area contributed by atoms with E-state index in [1.165, 1.54) is 11.1 Å². The van der Waals surface area contributed by atoms with Crippen molar-refractivity contribution in [2.75, 3.05) is 7.11 Å². The van der Waals surface area contributed by atoms with Gasteiger partial charge in [-0.25, -0.2) is 0 Å². The number of carbonyl (C=O) groups is 1. The van der Waals surface area contributed by atoms with Crippen LogP contribution in [-0.2, 0) is 6.42 Å². The summed E-state index contributed by atoms with van der Waals surface area (Å²) in [7, 11) is 1.67. The van der Waals surface area contributed by atoms with Gasteiger partial charge in [0.05, 0.1) is 12.8 Å². The van der Waals surface area contributed by atoms with Gasteiger partial charge in [0.2, 0.25) is 0 Å². The highest BCUT2D eigenvalue weighted by atomic mass is 16.5. The van der Waals surface area contributed by atoms with E-state index in [0.717, 1.165) is 41.5 Å². The van der Waals surface area contributed by atoms with E-state index in [1.54, 1.807) is 7.11 Å². The summed E-state index contributed by atoms with van der Waals surface area (Å²) in [6, 6.07) is 12.4. The third-order valence-corrected chi connectivity index (χ3v) is 4.17. The van der Waals surface area contributed by atoms with Crippen molar-refractivity contribution in [1.82, 2.24) is 4.40 Å². The summed E-state index contributed by atoms with van der Waals surface area (Å²) in [5, 5.41) is 0. The molecule has 0 amide bonds. The number of methoxy groups -OCH3 is 1. The van der Waals surface area contributed by atoms with E-state index < -0.39 is 0 Å². The smallest absolute Gasteiger partial charge is 0.167 e. The Balaban J connectivity index is 2.26. The molecule has 1 aromatic carbocycles. The average Bonchev–Trinajstić information content (AvgIpc) is 2.92. The van der Waals surface area contributed by atoms with Crippen LogP contribution < -0.4 is 4.74 Å². The van der Waals surface area contributed by atoms with Gasteiger partial charge < -0.3 is 9.14 Å². The molecule has 0 spiro atoms. The van der Waals surface area contributed by atoms with E-state index >= 15 is 0 Å². The molecule has 0 radical (unpaired) electrons. The molecule has 118 valence electrons. The van der Waals surface area contributed by atoms with Gasteiger partial charge in [0.1, 0.15) is 5.75 Å². The molecule has 3 heteroatoms. The van der Waals surface area contributed by atoms with Crippen molar-refractivity contribution in [3.05, 3.63) is 59.4 Å². The molecule has 3 aromatic rings. The predicted molar refractivity (Wildman–Crippen MR) is 93.5 cm³/mol. The Bertz CT molecular complexity index is 861. The molecular formula is C20H21NO2. The molecule has 0 N–H and O–H groups in total. The van der Waals surface area contributed by atoms with Crippen molar-refractivity contribution in [2.24, 2.45) is 0 Å². The number of pyridine rings is 1. The maximum absolute atomic E-state index is 11.7. The number of ether oxygens (including phenoxy) is 1. The van der Waals surface area contributed by atoms with Crippen molar-refractivity contribution >= 4 is 11.8 Å². The monoisotopic (exact) mass is 307 g/mol. The fourth-order valence-electron chi connectivity index (χ4n) is 3.06. The Hall–Kier alpha value is -2.55. The third kappa shape index (κ3) is 2.74. The number of hydrogen-bond acceptors (Lipinski definition) is 2. The van der Waals surface area contributed by atoms with E-state index in [9.17, 15) is 4.79 Å². The Labute approximate surface area is 136 Å². The molecule has 3 nitrogen and oxygen atoms in total. The van der Waals surface area contributed by atoms with Gasteiger partial charge in [0.25, 0.3) is 0 Å². The van der Waals surface area contributed by atoms with Crippen LogP contribution in [0.1, 0.15) is 35.0 Å². The van der Waals surface area contributed by atoms with Gasteiger partial charge in [-0.2, -0.15) is 0 Å². The van der Waals surface area contributed by atoms with Gasteiger partial charge >= 0.3 is 0 Å². The van der Waals surface area contributed by atoms with Crippen molar-refractivity contribution in [1.29, 1.82) is 0 Å². The number of fused-ring (bicyclic) bond motifs is 1. The highest BCUT2D eigenvalue weighted by Crippen LogP contribution is 2.35. The average molecular weight is 307 g/mol. The molecule has 0 bridgehead atoms. The van der Waals surface area contributed by atoms with Crippen LogP contribution in [0.2, 0.25) is 0 Å². The first-order chi connectivity index (χ1) is 11.2. The third-order valence-electron chi connectivity index (χ3n) is 4.17. The van der Waals surface area contributed by atoms with Gasteiger partial charge in [0.15, 0.2) is 6.29 Å². The lowest BCUT2D eigenvalue weighted by Crippen LogP contribution is -1.95. The Morgan fingerprint density at radius 3 is 2.65 bits per heavy atom. The summed E-state index contributed by atoms with van der Waals surface area (Å²) in [6.07, 6.45) is 4.97. The van der Waals surface area contributed by atoms with Crippen LogP contribution in [0, 0.1) is 6.92 Å². The summed E-state index contributed by atoms with van der Waals surface area (Å²) in [5.41, 5.74) is 6.00. The number of hydrogen-bond donors (Lipinski definition) is 0. The topological polar surface area (TPSA) is 30.7 Å². The molecule has 2 aromatic heterocycles. The molecule has 0 atom stereocenters. The lowest BCUT2D eigenvalue weighted by molar-refractivity contribution is 0.111. The van der Waals surface area contributed by atoms with Crippen LogP contribution in [0.25, 0.3) is 16.6 Å². The molecule has 0 unspecified atom stereocenters. The molecule has 0 fully saturated rings. The number of benzene rings is 1. The number of aldehydes is 1. The minimum Gasteiger partial charge on any atom is -0.496 e. The molecule has 0 aliphatic carbocycles. The SMILES string of the molecule is CCCc1ccc(OC)c(-c2cc3cc(C)ccn3c2C=O)c1. The van der Waals surface area contributed by atoms with Crippen molar-refractivity contribution in [3.63, 3.8) is 0 Å². The number of carbonyl (C=O) groups excluding carboxylic acids is 1. The molecule has 0 saturated carbocycles. The van der Waals surface area contributed by atoms with Gasteiger partial charge in [-0.05, 0) is 54.8 Å². The van der Waals surface area contributed by atoms with Crippen LogP contribution in [0.3, 0.4) is 0 Å². The van der Waals surface area contributed by atoms with Gasteiger partial charge in [0, 0.05) is 22.8 Å². The van der Waals surface area contributed by atoms with E-state index in [1.807, 2.05) is 22.7 Å². The number of nitrogens with zero attached hydrogens (tertiary/aromatic N) is 1. The predicted octanol–water partition coefficient (Wildman–Crippen LogP) is 4.69. The highest BCUT2D eigenvalue weighted by Gasteiger charge is 2.15. The van der Waals surface area contributed by atoms with Gasteiger partial charge in [-0.15, -0.1) is 0 Å². The summed E-state index contributed by atoms with van der Waals surface area (Å²) in [4.78, 5) is 11.7. The zero-order chi connectivity index (χ0) is 16.4. The first-order valence-electron chi connectivity index (χ1n) is 7.92. The van der Waals surface area contributed by atoms with E-state index in [-0.39, 0.29) is 0 Å². The van der Waals surface area contributed by atoms with Crippen LogP contribution in [-0.4, -0.2) is 17.8 Å². The first-order valence-corrected chi connectivity index (χ1v) is 7.92. The normalized spacial score (nSPS) is 10.9. The maximum atomic E-state index is 11.7. The lowest BCUT2D eigenvalue weighted by Gasteiger charge is -2.10. The van der Waals surface area contributed by atoms with Crippen LogP contribution in [0.4, 0.5) is 0 Å². The summed E-state index contributed by atoms with van der Waals surface area (Å²) in [5.74, 6) is 0.792. The number of rotatable bonds is 5. The largest absolute Gasteiger partial charge is 0.496 e. The summed E-state index contributed by atoms with van der Waals surface area (Å²) < 4.78 is 7.46. The minimum absolute atomic E-state index is 0.659. The number of aryl methyl sites for hydroxylation is 2. The Morgan fingerprint density at radius 1 is 1.13 bits per heavy atom. The van der Waals surface area contributed by atoms with E-state index in [0.29, 0.717) is 5.69 Å². The van der Waals surface area contributed by atoms with Crippen molar-refractivity contribution < 1.29 is 9.53 Å². The zero-order valence-corrected chi connectivity index (χ0v) is 13.8. The quantitative estimate of drug-likeness (QED) is 0.640.